The molecule has 0 bridgehead atoms. The zero-order chi connectivity index (χ0) is 17.4. The molecule has 0 saturated carbocycles. The summed E-state index contributed by atoms with van der Waals surface area (Å²) in [6.07, 6.45) is 0. The van der Waals surface area contributed by atoms with E-state index in [-0.39, 0.29) is 43.7 Å². The van der Waals surface area contributed by atoms with E-state index in [0.717, 1.165) is 0 Å². The fraction of sp³-hybridized carbons (Fsp3) is 0.800. The molecule has 0 aliphatic carbocycles. The van der Waals surface area contributed by atoms with E-state index >= 15 is 0 Å². The van der Waals surface area contributed by atoms with Crippen LogP contribution in [0.3, 0.4) is 0 Å². The molecule has 0 saturated heterocycles. The van der Waals surface area contributed by atoms with Gasteiger partial charge in [0.15, 0.2) is 0 Å². The highest BCUT2D eigenvalue weighted by molar-refractivity contribution is 6.07. The fourth-order valence-corrected chi connectivity index (χ4v) is 2.18. The SMILES string of the molecule is CCOC(=O)C(C[N+](C)(CC)CC)(NC(C)=O)C(=O)OCC.[I-]. The van der Waals surface area contributed by atoms with Gasteiger partial charge < -0.3 is 43.3 Å². The molecule has 8 heteroatoms. The van der Waals surface area contributed by atoms with Gasteiger partial charge in [-0.1, -0.05) is 0 Å². The minimum Gasteiger partial charge on any atom is -1.00 e. The molecule has 0 aromatic rings. The zero-order valence-electron chi connectivity index (χ0n) is 14.9. The number of carbonyl (C=O) groups excluding carboxylic acids is 3. The topological polar surface area (TPSA) is 81.7 Å². The summed E-state index contributed by atoms with van der Waals surface area (Å²) in [6, 6.07) is 0. The standard InChI is InChI=1S/C15H28N2O5.HI/c1-7-17(6,8-2)11-15(16-12(5)18,13(19)21-9-3)14(20)22-10-4;/h7-11H2,1-6H3;1H. The Morgan fingerprint density at radius 2 is 1.35 bits per heavy atom. The molecule has 0 fully saturated rings. The molecule has 0 aliphatic rings. The Kier molecular flexibility index (Phi) is 11.4. The second-order valence-corrected chi connectivity index (χ2v) is 5.44. The lowest BCUT2D eigenvalue weighted by Crippen LogP contribution is -3.00. The van der Waals surface area contributed by atoms with Gasteiger partial charge in [-0.3, -0.25) is 4.79 Å². The molecule has 0 atom stereocenters. The molecule has 0 aliphatic heterocycles. The molecular weight excluding hydrogens is 415 g/mol. The highest BCUT2D eigenvalue weighted by Crippen LogP contribution is 2.18. The van der Waals surface area contributed by atoms with Crippen molar-refractivity contribution in [3.8, 4) is 0 Å². The molecule has 1 amide bonds. The van der Waals surface area contributed by atoms with E-state index in [9.17, 15) is 14.4 Å². The third kappa shape index (κ3) is 6.62. The van der Waals surface area contributed by atoms with Gasteiger partial charge in [0.25, 0.3) is 5.54 Å². The molecule has 0 spiro atoms. The fourth-order valence-electron chi connectivity index (χ4n) is 2.18. The van der Waals surface area contributed by atoms with Crippen molar-refractivity contribution in [2.75, 3.05) is 39.9 Å². The van der Waals surface area contributed by atoms with Gasteiger partial charge >= 0.3 is 11.9 Å². The van der Waals surface area contributed by atoms with Crippen molar-refractivity contribution in [2.24, 2.45) is 0 Å². The number of nitrogens with zero attached hydrogens (tertiary/aromatic N) is 1. The van der Waals surface area contributed by atoms with Crippen molar-refractivity contribution < 1.29 is 52.3 Å². The van der Waals surface area contributed by atoms with Crippen LogP contribution in [0.2, 0.25) is 0 Å². The third-order valence-corrected chi connectivity index (χ3v) is 3.78. The Bertz CT molecular complexity index is 393. The lowest BCUT2D eigenvalue weighted by molar-refractivity contribution is -0.907. The second-order valence-electron chi connectivity index (χ2n) is 5.44. The quantitative estimate of drug-likeness (QED) is 0.184. The van der Waals surface area contributed by atoms with Gasteiger partial charge in [-0.25, -0.2) is 9.59 Å². The van der Waals surface area contributed by atoms with Crippen LogP contribution < -0.4 is 29.3 Å². The minimum absolute atomic E-state index is 0. The predicted octanol–water partition coefficient (Wildman–Crippen LogP) is -2.52. The van der Waals surface area contributed by atoms with Gasteiger partial charge in [0.05, 0.1) is 33.4 Å². The number of halogens is 1. The van der Waals surface area contributed by atoms with E-state index in [1.165, 1.54) is 6.92 Å². The summed E-state index contributed by atoms with van der Waals surface area (Å²) >= 11 is 0. The van der Waals surface area contributed by atoms with E-state index in [0.29, 0.717) is 17.6 Å². The second kappa shape index (κ2) is 10.8. The van der Waals surface area contributed by atoms with Crippen LogP contribution in [0.15, 0.2) is 0 Å². The van der Waals surface area contributed by atoms with Gasteiger partial charge in [0.2, 0.25) is 5.91 Å². The summed E-state index contributed by atoms with van der Waals surface area (Å²) in [5.74, 6) is -2.05. The van der Waals surface area contributed by atoms with Crippen molar-refractivity contribution in [3.63, 3.8) is 0 Å². The van der Waals surface area contributed by atoms with Crippen molar-refractivity contribution in [1.29, 1.82) is 0 Å². The number of quaternary nitrogens is 1. The summed E-state index contributed by atoms with van der Waals surface area (Å²) in [4.78, 5) is 36.6. The molecule has 0 rings (SSSR count). The number of likely N-dealkylation sites (N-methyl/N-ethyl adjacent to an activating group) is 1. The van der Waals surface area contributed by atoms with E-state index in [1.54, 1.807) is 13.8 Å². The van der Waals surface area contributed by atoms with E-state index < -0.39 is 23.4 Å². The number of rotatable bonds is 9. The van der Waals surface area contributed by atoms with Crippen LogP contribution in [0, 0.1) is 0 Å². The Morgan fingerprint density at radius 1 is 0.957 bits per heavy atom. The molecule has 0 aromatic heterocycles. The Balaban J connectivity index is 0. The van der Waals surface area contributed by atoms with Crippen molar-refractivity contribution in [2.45, 2.75) is 40.2 Å². The monoisotopic (exact) mass is 444 g/mol. The lowest BCUT2D eigenvalue weighted by atomic mass is 9.97. The molecule has 0 aromatic carbocycles. The first-order valence-electron chi connectivity index (χ1n) is 7.68. The van der Waals surface area contributed by atoms with Crippen molar-refractivity contribution >= 4 is 17.8 Å². The number of carbonyl (C=O) groups is 3. The van der Waals surface area contributed by atoms with Gasteiger partial charge in [-0.2, -0.15) is 0 Å². The predicted molar refractivity (Wildman–Crippen MR) is 81.9 cm³/mol. The molecule has 0 unspecified atom stereocenters. The number of ether oxygens (including phenoxy) is 2. The Hall–Kier alpha value is -0.900. The van der Waals surface area contributed by atoms with Crippen LogP contribution in [0.4, 0.5) is 0 Å². The first kappa shape index (κ1) is 24.4. The minimum atomic E-state index is -1.82. The number of amides is 1. The van der Waals surface area contributed by atoms with Crippen LogP contribution in [0.25, 0.3) is 0 Å². The lowest BCUT2D eigenvalue weighted by Gasteiger charge is -2.39. The Morgan fingerprint density at radius 3 is 1.61 bits per heavy atom. The maximum Gasteiger partial charge on any atom is 0.349 e. The van der Waals surface area contributed by atoms with Crippen LogP contribution in [0.1, 0.15) is 34.6 Å². The van der Waals surface area contributed by atoms with Crippen LogP contribution in [-0.4, -0.2) is 67.8 Å². The van der Waals surface area contributed by atoms with E-state index in [2.05, 4.69) is 5.32 Å². The third-order valence-electron chi connectivity index (χ3n) is 3.78. The summed E-state index contributed by atoms with van der Waals surface area (Å²) in [6.45, 7) is 10.2. The van der Waals surface area contributed by atoms with Gasteiger partial charge in [-0.15, -0.1) is 0 Å². The summed E-state index contributed by atoms with van der Waals surface area (Å²) in [5, 5.41) is 2.48. The molecular formula is C15H29IN2O5. The molecule has 1 N–H and O–H groups in total. The highest BCUT2D eigenvalue weighted by atomic mass is 127. The molecule has 0 radical (unpaired) electrons. The maximum atomic E-state index is 12.5. The largest absolute Gasteiger partial charge is 1.00 e. The molecule has 23 heavy (non-hydrogen) atoms. The summed E-state index contributed by atoms with van der Waals surface area (Å²) in [5.41, 5.74) is -1.82. The number of hydrogen-bond donors (Lipinski definition) is 1. The van der Waals surface area contributed by atoms with E-state index in [4.69, 9.17) is 9.47 Å². The van der Waals surface area contributed by atoms with E-state index in [1.807, 2.05) is 20.9 Å². The molecule has 136 valence electrons. The normalized spacial score (nSPS) is 11.2. The zero-order valence-corrected chi connectivity index (χ0v) is 17.1. The average Bonchev–Trinajstić information content (AvgIpc) is 2.46. The highest BCUT2D eigenvalue weighted by Gasteiger charge is 2.55. The van der Waals surface area contributed by atoms with Crippen LogP contribution in [-0.2, 0) is 23.9 Å². The smallest absolute Gasteiger partial charge is 0.349 e. The first-order chi connectivity index (χ1) is 10.2. The van der Waals surface area contributed by atoms with Crippen molar-refractivity contribution in [1.82, 2.24) is 5.32 Å². The summed E-state index contributed by atoms with van der Waals surface area (Å²) < 4.78 is 10.5. The summed E-state index contributed by atoms with van der Waals surface area (Å²) in [7, 11) is 1.91. The maximum absolute atomic E-state index is 12.5. The first-order valence-corrected chi connectivity index (χ1v) is 7.68. The number of hydrogen-bond acceptors (Lipinski definition) is 5. The van der Waals surface area contributed by atoms with Crippen LogP contribution >= 0.6 is 0 Å². The van der Waals surface area contributed by atoms with Crippen molar-refractivity contribution in [3.05, 3.63) is 0 Å². The van der Waals surface area contributed by atoms with Gasteiger partial charge in [0.1, 0.15) is 6.54 Å². The number of esters is 2. The Labute approximate surface area is 155 Å². The van der Waals surface area contributed by atoms with Gasteiger partial charge in [-0.05, 0) is 27.7 Å². The molecule has 0 heterocycles. The number of nitrogens with one attached hydrogen (secondary N) is 1. The van der Waals surface area contributed by atoms with Crippen LogP contribution in [0.5, 0.6) is 0 Å². The molecule has 7 nitrogen and oxygen atoms in total. The van der Waals surface area contributed by atoms with Gasteiger partial charge in [0, 0.05) is 6.92 Å². The average molecular weight is 444 g/mol.